The molecule has 2 heterocycles. The third kappa shape index (κ3) is 5.81. The van der Waals surface area contributed by atoms with Crippen LogP contribution in [-0.2, 0) is 28.7 Å². The fourth-order valence-corrected chi connectivity index (χ4v) is 3.37. The van der Waals surface area contributed by atoms with E-state index in [9.17, 15) is 24.0 Å². The lowest BCUT2D eigenvalue weighted by Crippen LogP contribution is -2.62. The van der Waals surface area contributed by atoms with Crippen LogP contribution in [-0.4, -0.2) is 95.3 Å². The van der Waals surface area contributed by atoms with Gasteiger partial charge in [-0.2, -0.15) is 0 Å². The number of imide groups is 2. The molecule has 2 rings (SSSR count). The van der Waals surface area contributed by atoms with Crippen molar-refractivity contribution in [3.05, 3.63) is 0 Å². The Morgan fingerprint density at radius 2 is 1.48 bits per heavy atom. The lowest BCUT2D eigenvalue weighted by atomic mass is 10.1. The second-order valence-electron chi connectivity index (χ2n) is 7.47. The number of carbonyl (C=O) groups excluding carboxylic acids is 5. The predicted molar refractivity (Wildman–Crippen MR) is 101 cm³/mol. The summed E-state index contributed by atoms with van der Waals surface area (Å²) >= 11 is 0. The molecule has 2 aliphatic rings. The van der Waals surface area contributed by atoms with Gasteiger partial charge in [0, 0.05) is 12.1 Å². The van der Waals surface area contributed by atoms with Crippen molar-refractivity contribution in [3.8, 4) is 0 Å². The fourth-order valence-electron chi connectivity index (χ4n) is 3.37. The molecule has 3 N–H and O–H groups in total. The van der Waals surface area contributed by atoms with Gasteiger partial charge in [0.1, 0.15) is 6.04 Å². The van der Waals surface area contributed by atoms with E-state index in [1.54, 1.807) is 9.80 Å². The summed E-state index contributed by atoms with van der Waals surface area (Å²) in [4.78, 5) is 64.2. The lowest BCUT2D eigenvalue weighted by Gasteiger charge is -2.41. The standard InChI is InChI=1S/C18H29N5O6/c1-4-5-13(19)18(28)29-10-23-16(26)8-22(9-17(23)27)12(3)11(2)21-6-14(24)20-15(25)7-21/h11-13H,4-10,19H2,1-3H3,(H,20,24,25). The number of hydrogen-bond acceptors (Lipinski definition) is 9. The van der Waals surface area contributed by atoms with Crippen molar-refractivity contribution in [1.29, 1.82) is 0 Å². The Morgan fingerprint density at radius 1 is 1.00 bits per heavy atom. The van der Waals surface area contributed by atoms with Crippen molar-refractivity contribution in [2.45, 2.75) is 51.7 Å². The Morgan fingerprint density at radius 3 is 1.97 bits per heavy atom. The van der Waals surface area contributed by atoms with Crippen LogP contribution >= 0.6 is 0 Å². The van der Waals surface area contributed by atoms with Gasteiger partial charge in [-0.25, -0.2) is 4.90 Å². The molecular formula is C18H29N5O6. The number of amides is 4. The average molecular weight is 411 g/mol. The molecule has 2 aliphatic heterocycles. The maximum absolute atomic E-state index is 12.4. The molecule has 4 amide bonds. The highest BCUT2D eigenvalue weighted by Crippen LogP contribution is 2.16. The number of carbonyl (C=O) groups is 5. The normalized spacial score (nSPS) is 22.3. The van der Waals surface area contributed by atoms with E-state index < -0.39 is 30.6 Å². The molecule has 11 nitrogen and oxygen atoms in total. The second kappa shape index (κ2) is 9.90. The van der Waals surface area contributed by atoms with Gasteiger partial charge in [-0.1, -0.05) is 13.3 Å². The second-order valence-corrected chi connectivity index (χ2v) is 7.47. The Balaban J connectivity index is 1.92. The number of piperazine rings is 2. The van der Waals surface area contributed by atoms with E-state index >= 15 is 0 Å². The summed E-state index contributed by atoms with van der Waals surface area (Å²) < 4.78 is 5.01. The zero-order chi connectivity index (χ0) is 21.7. The molecule has 2 fully saturated rings. The van der Waals surface area contributed by atoms with E-state index in [1.807, 2.05) is 20.8 Å². The fraction of sp³-hybridized carbons (Fsp3) is 0.722. The lowest BCUT2D eigenvalue weighted by molar-refractivity contribution is -0.165. The number of hydrogen-bond donors (Lipinski definition) is 2. The number of rotatable bonds is 8. The van der Waals surface area contributed by atoms with E-state index in [0.29, 0.717) is 12.8 Å². The minimum atomic E-state index is -0.781. The minimum Gasteiger partial charge on any atom is -0.443 e. The van der Waals surface area contributed by atoms with Gasteiger partial charge in [-0.3, -0.25) is 39.1 Å². The Labute approximate surface area is 169 Å². The van der Waals surface area contributed by atoms with Gasteiger partial charge in [0.25, 0.3) is 0 Å². The van der Waals surface area contributed by atoms with Crippen LogP contribution in [0.1, 0.15) is 33.6 Å². The first kappa shape index (κ1) is 22.9. The Hall–Kier alpha value is -2.37. The summed E-state index contributed by atoms with van der Waals surface area (Å²) in [6.45, 7) is 5.18. The number of nitrogens with one attached hydrogen (secondary N) is 1. The molecule has 0 bridgehead atoms. The molecule has 0 saturated carbocycles. The minimum absolute atomic E-state index is 0.0379. The van der Waals surface area contributed by atoms with Gasteiger partial charge in [0.15, 0.2) is 6.73 Å². The molecule has 3 unspecified atom stereocenters. The Kier molecular flexibility index (Phi) is 7.82. The quantitative estimate of drug-likeness (QED) is 0.343. The van der Waals surface area contributed by atoms with Crippen LogP contribution in [0.4, 0.5) is 0 Å². The van der Waals surface area contributed by atoms with Crippen LogP contribution in [0, 0.1) is 0 Å². The summed E-state index contributed by atoms with van der Waals surface area (Å²) in [5.74, 6) is -2.36. The van der Waals surface area contributed by atoms with Crippen molar-refractivity contribution in [2.24, 2.45) is 5.73 Å². The van der Waals surface area contributed by atoms with Gasteiger partial charge in [-0.05, 0) is 20.3 Å². The van der Waals surface area contributed by atoms with Gasteiger partial charge in [-0.15, -0.1) is 0 Å². The monoisotopic (exact) mass is 411 g/mol. The van der Waals surface area contributed by atoms with E-state index in [0.717, 1.165) is 4.90 Å². The smallest absolute Gasteiger partial charge is 0.324 e. The maximum Gasteiger partial charge on any atom is 0.324 e. The first-order chi connectivity index (χ1) is 13.6. The van der Waals surface area contributed by atoms with Crippen molar-refractivity contribution in [3.63, 3.8) is 0 Å². The van der Waals surface area contributed by atoms with Crippen LogP contribution in [0.5, 0.6) is 0 Å². The Bertz CT molecular complexity index is 650. The highest BCUT2D eigenvalue weighted by molar-refractivity contribution is 6.00. The summed E-state index contributed by atoms with van der Waals surface area (Å²) in [5, 5.41) is 2.24. The van der Waals surface area contributed by atoms with Crippen LogP contribution in [0.15, 0.2) is 0 Å². The SMILES string of the molecule is CCCC(N)C(=O)OCN1C(=O)CN(C(C)C(C)N2CC(=O)NC(=O)C2)CC1=O. The number of ether oxygens (including phenoxy) is 1. The third-order valence-electron chi connectivity index (χ3n) is 5.34. The first-order valence-corrected chi connectivity index (χ1v) is 9.70. The molecule has 0 aromatic rings. The number of nitrogens with zero attached hydrogens (tertiary/aromatic N) is 3. The summed E-state index contributed by atoms with van der Waals surface area (Å²) in [6, 6.07) is -1.27. The summed E-state index contributed by atoms with van der Waals surface area (Å²) in [7, 11) is 0. The van der Waals surface area contributed by atoms with Crippen molar-refractivity contribution >= 4 is 29.6 Å². The van der Waals surface area contributed by atoms with Crippen molar-refractivity contribution in [2.75, 3.05) is 32.9 Å². The van der Waals surface area contributed by atoms with E-state index in [2.05, 4.69) is 5.32 Å². The molecule has 162 valence electrons. The van der Waals surface area contributed by atoms with Gasteiger partial charge in [0.05, 0.1) is 26.2 Å². The zero-order valence-electron chi connectivity index (χ0n) is 17.1. The molecule has 0 aliphatic carbocycles. The van der Waals surface area contributed by atoms with Crippen LogP contribution in [0.2, 0.25) is 0 Å². The van der Waals surface area contributed by atoms with Gasteiger partial charge in [0.2, 0.25) is 23.6 Å². The molecule has 2 saturated heterocycles. The molecule has 0 aromatic carbocycles. The maximum atomic E-state index is 12.4. The molecular weight excluding hydrogens is 382 g/mol. The molecule has 3 atom stereocenters. The zero-order valence-corrected chi connectivity index (χ0v) is 17.1. The molecule has 0 radical (unpaired) electrons. The van der Waals surface area contributed by atoms with Crippen molar-refractivity contribution < 1.29 is 28.7 Å². The van der Waals surface area contributed by atoms with Gasteiger partial charge < -0.3 is 10.5 Å². The summed E-state index contributed by atoms with van der Waals surface area (Å²) in [5.41, 5.74) is 5.67. The average Bonchev–Trinajstić information content (AvgIpc) is 2.65. The van der Waals surface area contributed by atoms with Crippen molar-refractivity contribution in [1.82, 2.24) is 20.0 Å². The summed E-state index contributed by atoms with van der Waals surface area (Å²) in [6.07, 6.45) is 1.17. The van der Waals surface area contributed by atoms with E-state index in [1.165, 1.54) is 0 Å². The molecule has 11 heteroatoms. The third-order valence-corrected chi connectivity index (χ3v) is 5.34. The first-order valence-electron chi connectivity index (χ1n) is 9.70. The highest BCUT2D eigenvalue weighted by atomic mass is 16.5. The number of esters is 1. The van der Waals surface area contributed by atoms with Crippen LogP contribution < -0.4 is 11.1 Å². The highest BCUT2D eigenvalue weighted by Gasteiger charge is 2.38. The van der Waals surface area contributed by atoms with Gasteiger partial charge >= 0.3 is 5.97 Å². The molecule has 0 spiro atoms. The molecule has 29 heavy (non-hydrogen) atoms. The largest absolute Gasteiger partial charge is 0.443 e. The van der Waals surface area contributed by atoms with Crippen LogP contribution in [0.25, 0.3) is 0 Å². The molecule has 0 aromatic heterocycles. The van der Waals surface area contributed by atoms with Crippen LogP contribution in [0.3, 0.4) is 0 Å². The topological polar surface area (TPSA) is 142 Å². The number of nitrogens with two attached hydrogens (primary N) is 1. The van der Waals surface area contributed by atoms with E-state index in [-0.39, 0.29) is 50.1 Å². The predicted octanol–water partition coefficient (Wildman–Crippen LogP) is -1.98. The van der Waals surface area contributed by atoms with E-state index in [4.69, 9.17) is 10.5 Å².